The molecule has 0 aliphatic carbocycles. The Bertz CT molecular complexity index is 1020. The van der Waals surface area contributed by atoms with Crippen molar-refractivity contribution in [1.82, 2.24) is 9.38 Å². The van der Waals surface area contributed by atoms with E-state index in [1.165, 1.54) is 0 Å². The summed E-state index contributed by atoms with van der Waals surface area (Å²) in [6, 6.07) is 12.2. The monoisotopic (exact) mass is 391 g/mol. The van der Waals surface area contributed by atoms with Gasteiger partial charge in [-0.25, -0.2) is 4.98 Å². The molecule has 0 saturated carbocycles. The van der Waals surface area contributed by atoms with Gasteiger partial charge in [0.15, 0.2) is 0 Å². The smallest absolute Gasteiger partial charge is 0.142 e. The van der Waals surface area contributed by atoms with Crippen molar-refractivity contribution in [2.75, 3.05) is 12.4 Å². The normalized spacial score (nSPS) is 12.7. The van der Waals surface area contributed by atoms with Gasteiger partial charge in [-0.1, -0.05) is 45.0 Å². The zero-order chi connectivity index (χ0) is 21.2. The third-order valence-electron chi connectivity index (χ3n) is 4.86. The number of imidazole rings is 1. The van der Waals surface area contributed by atoms with E-state index in [0.717, 1.165) is 40.5 Å². The Kier molecular flexibility index (Phi) is 5.74. The van der Waals surface area contributed by atoms with Gasteiger partial charge in [-0.3, -0.25) is 4.40 Å². The highest BCUT2D eigenvalue weighted by atomic mass is 16.5. The van der Waals surface area contributed by atoms with E-state index in [0.29, 0.717) is 0 Å². The van der Waals surface area contributed by atoms with Crippen LogP contribution in [-0.4, -0.2) is 22.0 Å². The van der Waals surface area contributed by atoms with Gasteiger partial charge in [0, 0.05) is 17.3 Å². The number of benzene rings is 1. The van der Waals surface area contributed by atoms with E-state index in [2.05, 4.69) is 81.7 Å². The fraction of sp³-hybridized carbons (Fsp3) is 0.400. The van der Waals surface area contributed by atoms with Gasteiger partial charge in [-0.2, -0.15) is 0 Å². The standard InChI is InChI=1S/C25H33N3O/c1-18-11-10-16-28-22(18)26-20(15-14-19-12-8-9-13-21(19)29-7)23(28)27-25(5,6)17-24(2,3)4/h8-16,27H,17H2,1-7H3/b15-14+. The minimum absolute atomic E-state index is 0.0784. The summed E-state index contributed by atoms with van der Waals surface area (Å²) >= 11 is 0. The number of ether oxygens (including phenoxy) is 1. The van der Waals surface area contributed by atoms with Crippen molar-refractivity contribution in [2.24, 2.45) is 5.41 Å². The lowest BCUT2D eigenvalue weighted by Crippen LogP contribution is -2.36. The molecule has 0 aliphatic rings. The average molecular weight is 392 g/mol. The van der Waals surface area contributed by atoms with E-state index >= 15 is 0 Å². The lowest BCUT2D eigenvalue weighted by Gasteiger charge is -2.34. The van der Waals surface area contributed by atoms with Gasteiger partial charge in [0.05, 0.1) is 7.11 Å². The first-order chi connectivity index (χ1) is 13.6. The van der Waals surface area contributed by atoms with Crippen LogP contribution < -0.4 is 10.1 Å². The van der Waals surface area contributed by atoms with Crippen molar-refractivity contribution in [3.05, 3.63) is 59.4 Å². The molecule has 0 radical (unpaired) electrons. The van der Waals surface area contributed by atoms with Crippen LogP contribution in [0.2, 0.25) is 0 Å². The summed E-state index contributed by atoms with van der Waals surface area (Å²) in [5.41, 5.74) is 4.23. The van der Waals surface area contributed by atoms with Crippen LogP contribution in [0, 0.1) is 12.3 Å². The zero-order valence-electron chi connectivity index (χ0n) is 18.7. The molecule has 1 N–H and O–H groups in total. The van der Waals surface area contributed by atoms with E-state index in [4.69, 9.17) is 9.72 Å². The minimum atomic E-state index is -0.0784. The van der Waals surface area contributed by atoms with Gasteiger partial charge in [0.25, 0.3) is 0 Å². The molecule has 0 spiro atoms. The fourth-order valence-corrected chi connectivity index (χ4v) is 4.13. The van der Waals surface area contributed by atoms with Crippen LogP contribution in [0.25, 0.3) is 17.8 Å². The summed E-state index contributed by atoms with van der Waals surface area (Å²) < 4.78 is 7.64. The Morgan fingerprint density at radius 1 is 1.03 bits per heavy atom. The van der Waals surface area contributed by atoms with Gasteiger partial charge < -0.3 is 10.1 Å². The maximum absolute atomic E-state index is 5.48. The maximum atomic E-state index is 5.48. The summed E-state index contributed by atoms with van der Waals surface area (Å²) in [6.07, 6.45) is 7.25. The highest BCUT2D eigenvalue weighted by Gasteiger charge is 2.27. The summed E-state index contributed by atoms with van der Waals surface area (Å²) in [4.78, 5) is 4.94. The molecule has 2 heterocycles. The van der Waals surface area contributed by atoms with Crippen molar-refractivity contribution in [3.8, 4) is 5.75 Å². The molecule has 2 aromatic heterocycles. The number of methoxy groups -OCH3 is 1. The van der Waals surface area contributed by atoms with Crippen molar-refractivity contribution in [3.63, 3.8) is 0 Å². The van der Waals surface area contributed by atoms with Crippen LogP contribution in [0.5, 0.6) is 5.75 Å². The van der Waals surface area contributed by atoms with Crippen LogP contribution in [0.3, 0.4) is 0 Å². The Labute approximate surface area is 174 Å². The number of nitrogens with one attached hydrogen (secondary N) is 1. The van der Waals surface area contributed by atoms with Crippen molar-refractivity contribution in [1.29, 1.82) is 0 Å². The molecule has 0 fully saturated rings. The molecule has 0 amide bonds. The SMILES string of the molecule is COc1ccccc1/C=C/c1nc2c(C)cccn2c1NC(C)(C)CC(C)(C)C. The number of para-hydroxylation sites is 1. The predicted molar refractivity (Wildman–Crippen MR) is 124 cm³/mol. The number of hydrogen-bond donors (Lipinski definition) is 1. The van der Waals surface area contributed by atoms with Crippen molar-refractivity contribution < 1.29 is 4.74 Å². The third kappa shape index (κ3) is 5.00. The molecular weight excluding hydrogens is 358 g/mol. The first-order valence-corrected chi connectivity index (χ1v) is 10.2. The largest absolute Gasteiger partial charge is 0.496 e. The number of fused-ring (bicyclic) bond motifs is 1. The van der Waals surface area contributed by atoms with Gasteiger partial charge >= 0.3 is 0 Å². The van der Waals surface area contributed by atoms with E-state index in [1.54, 1.807) is 7.11 Å². The molecule has 0 saturated heterocycles. The topological polar surface area (TPSA) is 38.6 Å². The zero-order valence-corrected chi connectivity index (χ0v) is 18.7. The fourth-order valence-electron chi connectivity index (χ4n) is 4.13. The second-order valence-electron chi connectivity index (χ2n) is 9.55. The van der Waals surface area contributed by atoms with Gasteiger partial charge in [-0.15, -0.1) is 0 Å². The number of aryl methyl sites for hydroxylation is 1. The molecule has 3 rings (SSSR count). The van der Waals surface area contributed by atoms with Crippen molar-refractivity contribution in [2.45, 2.75) is 53.5 Å². The Balaban J connectivity index is 2.06. The molecule has 1 aromatic carbocycles. The number of pyridine rings is 1. The van der Waals surface area contributed by atoms with Crippen LogP contribution in [-0.2, 0) is 0 Å². The highest BCUT2D eigenvalue weighted by Crippen LogP contribution is 2.32. The Hall–Kier alpha value is -2.75. The van der Waals surface area contributed by atoms with Gasteiger partial charge in [0.2, 0.25) is 0 Å². The van der Waals surface area contributed by atoms with Crippen LogP contribution >= 0.6 is 0 Å². The lowest BCUT2D eigenvalue weighted by molar-refractivity contribution is 0.302. The molecule has 154 valence electrons. The molecule has 4 heteroatoms. The molecule has 0 aliphatic heterocycles. The predicted octanol–water partition coefficient (Wildman–Crippen LogP) is 6.45. The van der Waals surface area contributed by atoms with Gasteiger partial charge in [0.1, 0.15) is 22.9 Å². The number of anilines is 1. The second-order valence-corrected chi connectivity index (χ2v) is 9.55. The second kappa shape index (κ2) is 7.94. The number of aromatic nitrogens is 2. The molecule has 0 bridgehead atoms. The number of rotatable bonds is 6. The summed E-state index contributed by atoms with van der Waals surface area (Å²) in [5.74, 6) is 1.87. The van der Waals surface area contributed by atoms with Gasteiger partial charge in [-0.05, 0) is 62.5 Å². The molecule has 29 heavy (non-hydrogen) atoms. The molecular formula is C25H33N3O. The minimum Gasteiger partial charge on any atom is -0.496 e. The van der Waals surface area contributed by atoms with Crippen LogP contribution in [0.15, 0.2) is 42.6 Å². The van der Waals surface area contributed by atoms with E-state index in [9.17, 15) is 0 Å². The Morgan fingerprint density at radius 2 is 1.76 bits per heavy atom. The first-order valence-electron chi connectivity index (χ1n) is 10.2. The summed E-state index contributed by atoms with van der Waals surface area (Å²) in [5, 5.41) is 3.78. The average Bonchev–Trinajstić information content (AvgIpc) is 2.96. The molecule has 0 atom stereocenters. The van der Waals surface area contributed by atoms with Crippen LogP contribution in [0.4, 0.5) is 5.82 Å². The van der Waals surface area contributed by atoms with E-state index in [1.807, 2.05) is 24.3 Å². The molecule has 3 aromatic rings. The number of nitrogens with zero attached hydrogens (tertiary/aromatic N) is 2. The summed E-state index contributed by atoms with van der Waals surface area (Å²) in [6.45, 7) is 13.4. The maximum Gasteiger partial charge on any atom is 0.142 e. The highest BCUT2D eigenvalue weighted by molar-refractivity contribution is 5.78. The van der Waals surface area contributed by atoms with E-state index < -0.39 is 0 Å². The van der Waals surface area contributed by atoms with Crippen LogP contribution in [0.1, 0.15) is 57.9 Å². The van der Waals surface area contributed by atoms with E-state index in [-0.39, 0.29) is 11.0 Å². The summed E-state index contributed by atoms with van der Waals surface area (Å²) in [7, 11) is 1.70. The number of hydrogen-bond acceptors (Lipinski definition) is 3. The molecule has 0 unspecified atom stereocenters. The lowest BCUT2D eigenvalue weighted by atomic mass is 9.82. The molecule has 4 nitrogen and oxygen atoms in total. The third-order valence-corrected chi connectivity index (χ3v) is 4.86. The quantitative estimate of drug-likeness (QED) is 0.525. The van der Waals surface area contributed by atoms with Crippen molar-refractivity contribution >= 4 is 23.6 Å². The Morgan fingerprint density at radius 3 is 2.45 bits per heavy atom. The first kappa shape index (κ1) is 21.0.